The van der Waals surface area contributed by atoms with Gasteiger partial charge in [-0.3, -0.25) is 0 Å². The quantitative estimate of drug-likeness (QED) is 0.464. The van der Waals surface area contributed by atoms with Crippen LogP contribution in [0.3, 0.4) is 0 Å². The van der Waals surface area contributed by atoms with Gasteiger partial charge in [-0.15, -0.1) is 0 Å². The summed E-state index contributed by atoms with van der Waals surface area (Å²) in [5.74, 6) is 0. The first-order valence-electron chi connectivity index (χ1n) is 4.63. The number of hydrogen-bond donors (Lipinski definition) is 0. The van der Waals surface area contributed by atoms with Crippen LogP contribution in [0.4, 0.5) is 0 Å². The summed E-state index contributed by atoms with van der Waals surface area (Å²) in [6.45, 7) is 0. The standard InChI is InChI=1S/C12H5Br2ClO/c13-7-5-9-10(11(14)12(7)15)6-3-1-2-4-8(6)16-9/h1-5H. The monoisotopic (exact) mass is 358 g/mol. The van der Waals surface area contributed by atoms with Gasteiger partial charge in [-0.25, -0.2) is 0 Å². The predicted molar refractivity (Wildman–Crippen MR) is 74.1 cm³/mol. The summed E-state index contributed by atoms with van der Waals surface area (Å²) >= 11 is 13.1. The minimum absolute atomic E-state index is 0.666. The maximum Gasteiger partial charge on any atom is 0.137 e. The molecular weight excluding hydrogens is 355 g/mol. The average molecular weight is 360 g/mol. The number of benzene rings is 2. The largest absolute Gasteiger partial charge is 0.456 e. The van der Waals surface area contributed by atoms with Gasteiger partial charge < -0.3 is 4.42 Å². The smallest absolute Gasteiger partial charge is 0.137 e. The van der Waals surface area contributed by atoms with E-state index in [0.717, 1.165) is 30.9 Å². The minimum Gasteiger partial charge on any atom is -0.456 e. The highest BCUT2D eigenvalue weighted by Crippen LogP contribution is 2.41. The lowest BCUT2D eigenvalue weighted by Gasteiger charge is -2.00. The summed E-state index contributed by atoms with van der Waals surface area (Å²) in [5.41, 5.74) is 1.69. The molecule has 16 heavy (non-hydrogen) atoms. The van der Waals surface area contributed by atoms with Crippen molar-refractivity contribution in [1.82, 2.24) is 0 Å². The van der Waals surface area contributed by atoms with Crippen molar-refractivity contribution in [2.24, 2.45) is 0 Å². The zero-order chi connectivity index (χ0) is 11.3. The summed E-state index contributed by atoms with van der Waals surface area (Å²) < 4.78 is 7.44. The predicted octanol–water partition coefficient (Wildman–Crippen LogP) is 5.76. The van der Waals surface area contributed by atoms with Gasteiger partial charge in [-0.2, -0.15) is 0 Å². The molecule has 0 aliphatic rings. The maximum absolute atomic E-state index is 6.18. The van der Waals surface area contributed by atoms with Crippen LogP contribution in [0.1, 0.15) is 0 Å². The van der Waals surface area contributed by atoms with Crippen molar-refractivity contribution in [3.05, 3.63) is 44.3 Å². The first-order chi connectivity index (χ1) is 7.68. The van der Waals surface area contributed by atoms with Crippen molar-refractivity contribution in [1.29, 1.82) is 0 Å². The molecule has 1 aromatic heterocycles. The van der Waals surface area contributed by atoms with Crippen LogP contribution in [0.15, 0.2) is 43.7 Å². The van der Waals surface area contributed by atoms with E-state index in [-0.39, 0.29) is 0 Å². The van der Waals surface area contributed by atoms with Gasteiger partial charge in [0.1, 0.15) is 11.2 Å². The molecule has 0 radical (unpaired) electrons. The fraction of sp³-hybridized carbons (Fsp3) is 0. The number of hydrogen-bond acceptors (Lipinski definition) is 1. The van der Waals surface area contributed by atoms with Gasteiger partial charge in [0.2, 0.25) is 0 Å². The van der Waals surface area contributed by atoms with Crippen LogP contribution < -0.4 is 0 Å². The molecule has 2 aromatic carbocycles. The third-order valence-corrected chi connectivity index (χ3v) is 4.77. The Hall–Kier alpha value is -0.510. The van der Waals surface area contributed by atoms with Crippen LogP contribution in [0.2, 0.25) is 5.02 Å². The van der Waals surface area contributed by atoms with E-state index in [9.17, 15) is 0 Å². The van der Waals surface area contributed by atoms with Gasteiger partial charge >= 0.3 is 0 Å². The van der Waals surface area contributed by atoms with Crippen LogP contribution in [0.25, 0.3) is 21.9 Å². The Kier molecular flexibility index (Phi) is 2.50. The third-order valence-electron chi connectivity index (χ3n) is 2.50. The van der Waals surface area contributed by atoms with E-state index in [2.05, 4.69) is 31.9 Å². The van der Waals surface area contributed by atoms with Gasteiger partial charge in [-0.05, 0) is 44.0 Å². The van der Waals surface area contributed by atoms with E-state index < -0.39 is 0 Å². The maximum atomic E-state index is 6.18. The highest BCUT2D eigenvalue weighted by Gasteiger charge is 2.14. The van der Waals surface area contributed by atoms with Crippen LogP contribution in [-0.2, 0) is 0 Å². The lowest BCUT2D eigenvalue weighted by atomic mass is 10.1. The van der Waals surface area contributed by atoms with Crippen molar-refractivity contribution in [2.75, 3.05) is 0 Å². The van der Waals surface area contributed by atoms with E-state index in [0.29, 0.717) is 5.02 Å². The van der Waals surface area contributed by atoms with E-state index in [4.69, 9.17) is 16.0 Å². The van der Waals surface area contributed by atoms with E-state index >= 15 is 0 Å². The normalized spacial score (nSPS) is 11.4. The lowest BCUT2D eigenvalue weighted by Crippen LogP contribution is -1.74. The first-order valence-corrected chi connectivity index (χ1v) is 6.59. The molecule has 0 aliphatic carbocycles. The molecule has 0 saturated heterocycles. The molecule has 3 aromatic rings. The van der Waals surface area contributed by atoms with Gasteiger partial charge in [0.05, 0.1) is 5.02 Å². The molecule has 1 heterocycles. The second-order valence-electron chi connectivity index (χ2n) is 3.46. The number of para-hydroxylation sites is 1. The van der Waals surface area contributed by atoms with E-state index in [1.54, 1.807) is 0 Å². The molecule has 4 heteroatoms. The molecule has 0 N–H and O–H groups in total. The van der Waals surface area contributed by atoms with Crippen LogP contribution in [0, 0.1) is 0 Å². The highest BCUT2D eigenvalue weighted by atomic mass is 79.9. The van der Waals surface area contributed by atoms with Crippen molar-refractivity contribution in [3.8, 4) is 0 Å². The van der Waals surface area contributed by atoms with Gasteiger partial charge in [-0.1, -0.05) is 29.8 Å². The number of halogens is 3. The van der Waals surface area contributed by atoms with Crippen LogP contribution in [-0.4, -0.2) is 0 Å². The number of furan rings is 1. The van der Waals surface area contributed by atoms with Crippen molar-refractivity contribution in [2.45, 2.75) is 0 Å². The Morgan fingerprint density at radius 2 is 1.81 bits per heavy atom. The minimum atomic E-state index is 0.666. The molecule has 0 unspecified atom stereocenters. The summed E-state index contributed by atoms with van der Waals surface area (Å²) in [6.07, 6.45) is 0. The Labute approximate surface area is 114 Å². The molecular formula is C12H5Br2ClO. The molecule has 0 amide bonds. The van der Waals surface area contributed by atoms with Crippen molar-refractivity contribution < 1.29 is 4.42 Å². The zero-order valence-electron chi connectivity index (χ0n) is 7.93. The van der Waals surface area contributed by atoms with Gasteiger partial charge in [0.15, 0.2) is 0 Å². The third kappa shape index (κ3) is 1.42. The van der Waals surface area contributed by atoms with E-state index in [1.165, 1.54) is 0 Å². The molecule has 3 rings (SSSR count). The van der Waals surface area contributed by atoms with Gasteiger partial charge in [0, 0.05) is 19.7 Å². The lowest BCUT2D eigenvalue weighted by molar-refractivity contribution is 0.668. The second kappa shape index (κ2) is 3.76. The SMILES string of the molecule is Clc1c(Br)cc2oc3ccccc3c2c1Br. The van der Waals surface area contributed by atoms with Crippen LogP contribution >= 0.6 is 43.5 Å². The number of rotatable bonds is 0. The van der Waals surface area contributed by atoms with Crippen molar-refractivity contribution in [3.63, 3.8) is 0 Å². The second-order valence-corrected chi connectivity index (χ2v) is 5.48. The zero-order valence-corrected chi connectivity index (χ0v) is 11.9. The first kappa shape index (κ1) is 10.6. The summed E-state index contributed by atoms with van der Waals surface area (Å²) in [7, 11) is 0. The fourth-order valence-corrected chi connectivity index (χ4v) is 3.23. The van der Waals surface area contributed by atoms with Crippen LogP contribution in [0.5, 0.6) is 0 Å². The molecule has 0 bridgehead atoms. The molecule has 80 valence electrons. The number of fused-ring (bicyclic) bond motifs is 3. The van der Waals surface area contributed by atoms with Crippen molar-refractivity contribution >= 4 is 65.4 Å². The Morgan fingerprint density at radius 3 is 2.62 bits per heavy atom. The summed E-state index contributed by atoms with van der Waals surface area (Å²) in [4.78, 5) is 0. The van der Waals surface area contributed by atoms with E-state index in [1.807, 2.05) is 30.3 Å². The Balaban J connectivity index is 2.62. The molecule has 0 spiro atoms. The molecule has 0 atom stereocenters. The molecule has 0 fully saturated rings. The molecule has 0 aliphatic heterocycles. The molecule has 1 nitrogen and oxygen atoms in total. The topological polar surface area (TPSA) is 13.1 Å². The summed E-state index contributed by atoms with van der Waals surface area (Å²) in [5, 5.41) is 2.75. The Bertz CT molecular complexity index is 703. The Morgan fingerprint density at radius 1 is 1.06 bits per heavy atom. The molecule has 0 saturated carbocycles. The highest BCUT2D eigenvalue weighted by molar-refractivity contribution is 9.11. The fourth-order valence-electron chi connectivity index (χ4n) is 1.79. The van der Waals surface area contributed by atoms with Gasteiger partial charge in [0.25, 0.3) is 0 Å². The average Bonchev–Trinajstić information content (AvgIpc) is 2.64. The summed E-state index contributed by atoms with van der Waals surface area (Å²) in [6, 6.07) is 9.80.